The van der Waals surface area contributed by atoms with Gasteiger partial charge in [-0.1, -0.05) is 70.0 Å². The average molecular weight is 578 g/mol. The molecular formula is C31H45BrO5. The third kappa shape index (κ3) is 3.21. The minimum absolute atomic E-state index is 0.0443. The van der Waals surface area contributed by atoms with Gasteiger partial charge < -0.3 is 9.84 Å². The van der Waals surface area contributed by atoms with Crippen LogP contribution in [0.1, 0.15) is 93.4 Å². The number of aliphatic hydroxyl groups is 1. The molecule has 0 saturated heterocycles. The lowest BCUT2D eigenvalue weighted by Crippen LogP contribution is -2.69. The molecule has 0 heterocycles. The molecule has 9 atom stereocenters. The number of esters is 1. The summed E-state index contributed by atoms with van der Waals surface area (Å²) in [4.78, 5) is 40.4. The van der Waals surface area contributed by atoms with Crippen molar-refractivity contribution in [1.82, 2.24) is 0 Å². The van der Waals surface area contributed by atoms with Crippen LogP contribution in [0.15, 0.2) is 11.6 Å². The molecule has 0 radical (unpaired) electrons. The SMILES string of the molecule is COC(=O)[C@]12CCC(C)(C)CC1C1C(=O)C=C3[C@@]4(C)[C@@H](O)[C@H](Br)C(=O)C(C)(C)[C@@H]4CC[C@@]3(C)[C@]1(C)CC2. The van der Waals surface area contributed by atoms with E-state index in [9.17, 15) is 19.5 Å². The van der Waals surface area contributed by atoms with Gasteiger partial charge in [0.2, 0.25) is 0 Å². The van der Waals surface area contributed by atoms with Crippen LogP contribution in [0.4, 0.5) is 0 Å². The normalized spacial score (nSPS) is 50.1. The molecule has 5 aliphatic carbocycles. The molecule has 5 rings (SSSR count). The summed E-state index contributed by atoms with van der Waals surface area (Å²) < 4.78 is 5.41. The molecule has 4 fully saturated rings. The predicted octanol–water partition coefficient (Wildman–Crippen LogP) is 6.05. The number of alkyl halides is 1. The fraction of sp³-hybridized carbons (Fsp3) is 0.839. The van der Waals surface area contributed by atoms with Crippen molar-refractivity contribution in [3.8, 4) is 0 Å². The Labute approximate surface area is 230 Å². The summed E-state index contributed by atoms with van der Waals surface area (Å²) in [6.45, 7) is 15.2. The van der Waals surface area contributed by atoms with E-state index in [1.165, 1.54) is 7.11 Å². The minimum Gasteiger partial charge on any atom is -0.469 e. The van der Waals surface area contributed by atoms with Crippen molar-refractivity contribution >= 4 is 33.5 Å². The largest absolute Gasteiger partial charge is 0.469 e. The van der Waals surface area contributed by atoms with Crippen molar-refractivity contribution in [2.75, 3.05) is 7.11 Å². The maximum Gasteiger partial charge on any atom is 0.312 e. The first-order valence-corrected chi connectivity index (χ1v) is 15.1. The van der Waals surface area contributed by atoms with Gasteiger partial charge in [0.1, 0.15) is 4.83 Å². The highest BCUT2D eigenvalue weighted by Gasteiger charge is 2.73. The van der Waals surface area contributed by atoms with E-state index >= 15 is 0 Å². The maximum absolute atomic E-state index is 14.4. The Kier molecular flexibility index (Phi) is 5.97. The topological polar surface area (TPSA) is 80.7 Å². The molecule has 1 N–H and O–H groups in total. The number of rotatable bonds is 1. The molecule has 5 aliphatic rings. The zero-order valence-corrected chi connectivity index (χ0v) is 25.5. The highest BCUT2D eigenvalue weighted by Crippen LogP contribution is 2.75. The van der Waals surface area contributed by atoms with Crippen molar-refractivity contribution in [1.29, 1.82) is 0 Å². The lowest BCUT2D eigenvalue weighted by molar-refractivity contribution is -0.196. The highest BCUT2D eigenvalue weighted by atomic mass is 79.9. The van der Waals surface area contributed by atoms with E-state index in [2.05, 4.69) is 50.5 Å². The summed E-state index contributed by atoms with van der Waals surface area (Å²) in [5.41, 5.74) is -1.47. The lowest BCUT2D eigenvalue weighted by atomic mass is 9.33. The summed E-state index contributed by atoms with van der Waals surface area (Å²) in [6.07, 6.45) is 6.73. The van der Waals surface area contributed by atoms with E-state index < -0.39 is 27.2 Å². The van der Waals surface area contributed by atoms with E-state index in [1.807, 2.05) is 19.9 Å². The zero-order valence-electron chi connectivity index (χ0n) is 23.9. The molecule has 0 aromatic heterocycles. The Balaban J connectivity index is 1.69. The van der Waals surface area contributed by atoms with Gasteiger partial charge in [0, 0.05) is 16.7 Å². The second-order valence-electron chi connectivity index (χ2n) is 15.1. The number of fused-ring (bicyclic) bond motifs is 7. The molecular weight excluding hydrogens is 532 g/mol. The van der Waals surface area contributed by atoms with Gasteiger partial charge in [-0.15, -0.1) is 0 Å². The summed E-state index contributed by atoms with van der Waals surface area (Å²) >= 11 is 3.55. The van der Waals surface area contributed by atoms with Gasteiger partial charge in [-0.2, -0.15) is 0 Å². The number of ketones is 2. The maximum atomic E-state index is 14.4. The number of hydrogen-bond donors (Lipinski definition) is 1. The Bertz CT molecular complexity index is 1090. The van der Waals surface area contributed by atoms with Crippen molar-refractivity contribution < 1.29 is 24.2 Å². The third-order valence-electron chi connectivity index (χ3n) is 12.8. The molecule has 5 nitrogen and oxygen atoms in total. The van der Waals surface area contributed by atoms with Crippen LogP contribution < -0.4 is 0 Å². The zero-order chi connectivity index (χ0) is 27.6. The molecule has 37 heavy (non-hydrogen) atoms. The molecule has 0 bridgehead atoms. The number of aliphatic hydroxyl groups excluding tert-OH is 1. The van der Waals surface area contributed by atoms with Crippen LogP contribution >= 0.6 is 15.9 Å². The van der Waals surface area contributed by atoms with E-state index in [1.54, 1.807) is 0 Å². The Morgan fingerprint density at radius 3 is 2.24 bits per heavy atom. The van der Waals surface area contributed by atoms with E-state index in [0.717, 1.165) is 50.5 Å². The monoisotopic (exact) mass is 576 g/mol. The molecule has 206 valence electrons. The molecule has 0 aromatic rings. The molecule has 2 unspecified atom stereocenters. The quantitative estimate of drug-likeness (QED) is 0.303. The molecule has 6 heteroatoms. The standard InChI is InChI=1S/C31H45BrO5/c1-26(2)11-13-31(25(36)37-8)14-12-29(6)21(17(31)16-26)18(33)15-20-28(29,5)10-9-19-27(3,4)23(34)22(32)24(35)30(19,20)7/h15,17,19,21-22,24,35H,9-14,16H2,1-8H3/t17?,19-,21?,22+,24-,28+,29+,30-,31-/m0/s1. The van der Waals surface area contributed by atoms with Crippen LogP contribution in [0.3, 0.4) is 0 Å². The first kappa shape index (κ1) is 27.6. The van der Waals surface area contributed by atoms with E-state index in [0.29, 0.717) is 0 Å². The van der Waals surface area contributed by atoms with Gasteiger partial charge in [0.25, 0.3) is 0 Å². The van der Waals surface area contributed by atoms with E-state index in [4.69, 9.17) is 4.74 Å². The number of halogens is 1. The second kappa shape index (κ2) is 8.02. The van der Waals surface area contributed by atoms with Gasteiger partial charge in [0.05, 0.1) is 18.6 Å². The van der Waals surface area contributed by atoms with Crippen LogP contribution in [0.5, 0.6) is 0 Å². The molecule has 0 amide bonds. The lowest BCUT2D eigenvalue weighted by Gasteiger charge is -2.70. The third-order valence-corrected chi connectivity index (χ3v) is 13.8. The fourth-order valence-corrected chi connectivity index (χ4v) is 11.5. The average Bonchev–Trinajstić information content (AvgIpc) is 2.82. The van der Waals surface area contributed by atoms with Gasteiger partial charge in [-0.25, -0.2) is 0 Å². The summed E-state index contributed by atoms with van der Waals surface area (Å²) in [5.74, 6) is -0.376. The first-order chi connectivity index (χ1) is 16.9. The number of methoxy groups -OCH3 is 1. The predicted molar refractivity (Wildman–Crippen MR) is 146 cm³/mol. The Morgan fingerprint density at radius 2 is 1.62 bits per heavy atom. The number of carbonyl (C=O) groups is 3. The Hall–Kier alpha value is -1.01. The van der Waals surface area contributed by atoms with Gasteiger partial charge in [-0.3, -0.25) is 14.4 Å². The highest BCUT2D eigenvalue weighted by molar-refractivity contribution is 9.10. The molecule has 4 saturated carbocycles. The van der Waals surface area contributed by atoms with Crippen molar-refractivity contribution in [3.63, 3.8) is 0 Å². The molecule has 0 aliphatic heterocycles. The Morgan fingerprint density at radius 1 is 1.00 bits per heavy atom. The number of carbonyl (C=O) groups excluding carboxylic acids is 3. The first-order valence-electron chi connectivity index (χ1n) is 14.2. The van der Waals surface area contributed by atoms with Crippen molar-refractivity contribution in [2.45, 2.75) is 104 Å². The van der Waals surface area contributed by atoms with E-state index in [-0.39, 0.29) is 51.5 Å². The van der Waals surface area contributed by atoms with Crippen LogP contribution in [0.2, 0.25) is 0 Å². The molecule has 0 aromatic carbocycles. The van der Waals surface area contributed by atoms with Crippen LogP contribution in [-0.2, 0) is 19.1 Å². The summed E-state index contributed by atoms with van der Waals surface area (Å²) in [7, 11) is 1.48. The van der Waals surface area contributed by atoms with Gasteiger partial charge >= 0.3 is 5.97 Å². The summed E-state index contributed by atoms with van der Waals surface area (Å²) in [6, 6.07) is 0. The number of hydrogen-bond acceptors (Lipinski definition) is 5. The van der Waals surface area contributed by atoms with Gasteiger partial charge in [-0.05, 0) is 79.1 Å². The van der Waals surface area contributed by atoms with Crippen molar-refractivity contribution in [2.24, 2.45) is 50.2 Å². The number of Topliss-reactive ketones (excluding diaryl/α,β-unsaturated/α-hetero) is 1. The molecule has 0 spiro atoms. The fourth-order valence-electron chi connectivity index (χ4n) is 10.4. The van der Waals surface area contributed by atoms with Crippen LogP contribution in [0, 0.1) is 50.2 Å². The second-order valence-corrected chi connectivity index (χ2v) is 16.1. The van der Waals surface area contributed by atoms with Crippen LogP contribution in [0.25, 0.3) is 0 Å². The smallest absolute Gasteiger partial charge is 0.312 e. The number of allylic oxidation sites excluding steroid dienone is 1. The number of ether oxygens (including phenoxy) is 1. The van der Waals surface area contributed by atoms with Gasteiger partial charge in [0.15, 0.2) is 11.6 Å². The van der Waals surface area contributed by atoms with Crippen LogP contribution in [-0.4, -0.2) is 40.7 Å². The van der Waals surface area contributed by atoms with Crippen molar-refractivity contribution in [3.05, 3.63) is 11.6 Å². The summed E-state index contributed by atoms with van der Waals surface area (Å²) in [5, 5.41) is 11.7. The minimum atomic E-state index is -0.900.